The molecular weight excluding hydrogens is 453 g/mol. The fourth-order valence-electron chi connectivity index (χ4n) is 3.63. The molecule has 0 aliphatic heterocycles. The summed E-state index contributed by atoms with van der Waals surface area (Å²) in [5.74, 6) is 0.319. The van der Waals surface area contributed by atoms with E-state index in [9.17, 15) is 9.18 Å². The Morgan fingerprint density at radius 1 is 1.09 bits per heavy atom. The standard InChI is InChI=1S/C25H30FN5O4/c1-7-31-16(3)20(15(2)30-31)14-27-25(28-19-10-8-9-18(26)13-19)29-24(32)17-11-21(33-4)23(35-6)22(12-17)34-5/h8-13H,7,14H2,1-6H3,(H2,27,28,29,32). The molecular formula is C25H30FN5O4. The molecule has 10 heteroatoms. The van der Waals surface area contributed by atoms with E-state index in [1.54, 1.807) is 12.1 Å². The molecule has 9 nitrogen and oxygen atoms in total. The number of hydrogen-bond acceptors (Lipinski definition) is 6. The van der Waals surface area contributed by atoms with Gasteiger partial charge in [-0.05, 0) is 51.1 Å². The molecule has 3 aromatic rings. The smallest absolute Gasteiger partial charge is 0.258 e. The van der Waals surface area contributed by atoms with Gasteiger partial charge in [-0.25, -0.2) is 9.38 Å². The van der Waals surface area contributed by atoms with Crippen molar-refractivity contribution >= 4 is 17.6 Å². The highest BCUT2D eigenvalue weighted by molar-refractivity contribution is 6.10. The van der Waals surface area contributed by atoms with Gasteiger partial charge in [-0.2, -0.15) is 5.10 Å². The fourth-order valence-corrected chi connectivity index (χ4v) is 3.63. The van der Waals surface area contributed by atoms with Gasteiger partial charge in [0.1, 0.15) is 5.82 Å². The summed E-state index contributed by atoms with van der Waals surface area (Å²) in [5, 5.41) is 10.3. The molecule has 0 spiro atoms. The topological polar surface area (TPSA) is 99.0 Å². The Bertz CT molecular complexity index is 1210. The first-order chi connectivity index (χ1) is 16.8. The predicted molar refractivity (Wildman–Crippen MR) is 132 cm³/mol. The third-order valence-electron chi connectivity index (χ3n) is 5.47. The van der Waals surface area contributed by atoms with E-state index in [1.165, 1.54) is 45.6 Å². The number of aliphatic imine (C=N–C) groups is 1. The summed E-state index contributed by atoms with van der Waals surface area (Å²) in [6, 6.07) is 8.97. The number of methoxy groups -OCH3 is 3. The number of aryl methyl sites for hydroxylation is 2. The van der Waals surface area contributed by atoms with Gasteiger partial charge in [0, 0.05) is 29.1 Å². The third-order valence-corrected chi connectivity index (χ3v) is 5.47. The van der Waals surface area contributed by atoms with E-state index in [2.05, 4.69) is 20.7 Å². The highest BCUT2D eigenvalue weighted by atomic mass is 19.1. The molecule has 35 heavy (non-hydrogen) atoms. The van der Waals surface area contributed by atoms with Gasteiger partial charge in [0.2, 0.25) is 11.7 Å². The molecule has 186 valence electrons. The lowest BCUT2D eigenvalue weighted by Crippen LogP contribution is -2.36. The molecule has 2 aromatic carbocycles. The van der Waals surface area contributed by atoms with Crippen LogP contribution < -0.4 is 24.8 Å². The Kier molecular flexibility index (Phi) is 8.30. The van der Waals surface area contributed by atoms with Crippen molar-refractivity contribution in [2.45, 2.75) is 33.9 Å². The summed E-state index contributed by atoms with van der Waals surface area (Å²) in [6.45, 7) is 6.91. The number of hydrogen-bond donors (Lipinski definition) is 2. The van der Waals surface area contributed by atoms with Gasteiger partial charge in [0.15, 0.2) is 11.5 Å². The van der Waals surface area contributed by atoms with Crippen molar-refractivity contribution in [3.63, 3.8) is 0 Å². The van der Waals surface area contributed by atoms with E-state index < -0.39 is 11.7 Å². The van der Waals surface area contributed by atoms with Crippen LogP contribution in [0, 0.1) is 19.7 Å². The van der Waals surface area contributed by atoms with Crippen LogP contribution in [0.4, 0.5) is 10.1 Å². The van der Waals surface area contributed by atoms with Crippen molar-refractivity contribution in [3.8, 4) is 17.2 Å². The number of anilines is 1. The van der Waals surface area contributed by atoms with Crippen molar-refractivity contribution in [3.05, 3.63) is 64.7 Å². The maximum absolute atomic E-state index is 13.8. The van der Waals surface area contributed by atoms with Crippen molar-refractivity contribution < 1.29 is 23.4 Å². The summed E-state index contributed by atoms with van der Waals surface area (Å²) < 4.78 is 31.7. The molecule has 1 aromatic heterocycles. The number of guanidine groups is 1. The lowest BCUT2D eigenvalue weighted by atomic mass is 10.1. The number of carbonyl (C=O) groups excluding carboxylic acids is 1. The van der Waals surface area contributed by atoms with Gasteiger partial charge in [0.25, 0.3) is 5.91 Å². The van der Waals surface area contributed by atoms with Crippen LogP contribution in [-0.2, 0) is 13.1 Å². The zero-order valence-electron chi connectivity index (χ0n) is 20.7. The molecule has 0 unspecified atom stereocenters. The Balaban J connectivity index is 1.94. The summed E-state index contributed by atoms with van der Waals surface area (Å²) in [6.07, 6.45) is 0. The fraction of sp³-hybridized carbons (Fsp3) is 0.320. The monoisotopic (exact) mass is 483 g/mol. The number of rotatable bonds is 8. The number of halogens is 1. The summed E-state index contributed by atoms with van der Waals surface area (Å²) in [4.78, 5) is 17.8. The van der Waals surface area contributed by atoms with Crippen molar-refractivity contribution in [1.29, 1.82) is 0 Å². The molecule has 0 bridgehead atoms. The van der Waals surface area contributed by atoms with Gasteiger partial charge >= 0.3 is 0 Å². The van der Waals surface area contributed by atoms with E-state index in [0.717, 1.165) is 23.5 Å². The van der Waals surface area contributed by atoms with E-state index >= 15 is 0 Å². The second kappa shape index (κ2) is 11.4. The van der Waals surface area contributed by atoms with E-state index in [1.807, 2.05) is 25.5 Å². The molecule has 0 aliphatic carbocycles. The molecule has 0 saturated heterocycles. The number of aromatic nitrogens is 2. The number of amides is 1. The maximum atomic E-state index is 13.8. The first-order valence-electron chi connectivity index (χ1n) is 11.0. The highest BCUT2D eigenvalue weighted by Gasteiger charge is 2.19. The van der Waals surface area contributed by atoms with Crippen LogP contribution in [0.25, 0.3) is 0 Å². The predicted octanol–water partition coefficient (Wildman–Crippen LogP) is 4.08. The van der Waals surface area contributed by atoms with Crippen LogP contribution in [0.1, 0.15) is 34.2 Å². The minimum atomic E-state index is -0.468. The van der Waals surface area contributed by atoms with Gasteiger partial charge < -0.3 is 19.5 Å². The van der Waals surface area contributed by atoms with Crippen LogP contribution in [-0.4, -0.2) is 43.0 Å². The maximum Gasteiger partial charge on any atom is 0.258 e. The average molecular weight is 484 g/mol. The van der Waals surface area contributed by atoms with Crippen molar-refractivity contribution in [2.24, 2.45) is 4.99 Å². The Labute approximate surface area is 203 Å². The minimum Gasteiger partial charge on any atom is -0.493 e. The number of nitrogens with one attached hydrogen (secondary N) is 2. The number of benzene rings is 2. The molecule has 2 N–H and O–H groups in total. The van der Waals surface area contributed by atoms with Gasteiger partial charge in [-0.3, -0.25) is 14.8 Å². The largest absolute Gasteiger partial charge is 0.493 e. The second-order valence-corrected chi connectivity index (χ2v) is 7.63. The number of nitrogens with zero attached hydrogens (tertiary/aromatic N) is 3. The zero-order valence-corrected chi connectivity index (χ0v) is 20.7. The SMILES string of the molecule is CCn1nc(C)c(CN=C(NC(=O)c2cc(OC)c(OC)c(OC)c2)Nc2cccc(F)c2)c1C. The molecule has 3 rings (SSSR count). The molecule has 0 saturated carbocycles. The summed E-state index contributed by atoms with van der Waals surface area (Å²) >= 11 is 0. The second-order valence-electron chi connectivity index (χ2n) is 7.63. The minimum absolute atomic E-state index is 0.150. The first-order valence-corrected chi connectivity index (χ1v) is 11.0. The Morgan fingerprint density at radius 2 is 1.77 bits per heavy atom. The lowest BCUT2D eigenvalue weighted by molar-refractivity contribution is 0.0976. The van der Waals surface area contributed by atoms with E-state index in [0.29, 0.717) is 22.9 Å². The van der Waals surface area contributed by atoms with Crippen molar-refractivity contribution in [1.82, 2.24) is 15.1 Å². The average Bonchev–Trinajstić information content (AvgIpc) is 3.13. The van der Waals surface area contributed by atoms with Crippen LogP contribution in [0.2, 0.25) is 0 Å². The number of ether oxygens (including phenoxy) is 3. The highest BCUT2D eigenvalue weighted by Crippen LogP contribution is 2.38. The van der Waals surface area contributed by atoms with Crippen LogP contribution in [0.3, 0.4) is 0 Å². The number of carbonyl (C=O) groups is 1. The summed E-state index contributed by atoms with van der Waals surface area (Å²) in [5.41, 5.74) is 3.50. The Morgan fingerprint density at radius 3 is 2.31 bits per heavy atom. The van der Waals surface area contributed by atoms with E-state index in [4.69, 9.17) is 14.2 Å². The van der Waals surface area contributed by atoms with Gasteiger partial charge in [-0.1, -0.05) is 6.07 Å². The van der Waals surface area contributed by atoms with Crippen LogP contribution in [0.5, 0.6) is 17.2 Å². The molecule has 0 fully saturated rings. The lowest BCUT2D eigenvalue weighted by Gasteiger charge is -2.15. The summed E-state index contributed by atoms with van der Waals surface area (Å²) in [7, 11) is 4.43. The molecule has 0 aliphatic rings. The van der Waals surface area contributed by atoms with Crippen LogP contribution in [0.15, 0.2) is 41.4 Å². The molecule has 1 heterocycles. The van der Waals surface area contributed by atoms with E-state index in [-0.39, 0.29) is 18.1 Å². The van der Waals surface area contributed by atoms with Crippen LogP contribution >= 0.6 is 0 Å². The Hall–Kier alpha value is -4.08. The molecule has 1 amide bonds. The quantitative estimate of drug-likeness (QED) is 0.370. The molecule has 0 atom stereocenters. The van der Waals surface area contributed by atoms with Gasteiger partial charge in [-0.15, -0.1) is 0 Å². The molecule has 0 radical (unpaired) electrons. The zero-order chi connectivity index (χ0) is 25.5. The normalized spacial score (nSPS) is 11.2. The first kappa shape index (κ1) is 25.5. The van der Waals surface area contributed by atoms with Crippen molar-refractivity contribution in [2.75, 3.05) is 26.6 Å². The van der Waals surface area contributed by atoms with Gasteiger partial charge in [0.05, 0.1) is 33.6 Å². The third kappa shape index (κ3) is 5.89.